The Morgan fingerprint density at radius 3 is 2.58 bits per heavy atom. The third kappa shape index (κ3) is 3.45. The van der Waals surface area contributed by atoms with Crippen molar-refractivity contribution in [3.05, 3.63) is 75.4 Å². The SMILES string of the molecule is Cc1sc(-c2ccncc2)nc1C(=O)NC1CC2(C1)CC(c1n[nH]c(=O)c3ccccc13)C2. The monoisotopic (exact) mass is 457 g/mol. The van der Waals surface area contributed by atoms with E-state index in [0.717, 1.165) is 52.2 Å². The summed E-state index contributed by atoms with van der Waals surface area (Å²) in [6.45, 7) is 1.94. The highest BCUT2D eigenvalue weighted by Crippen LogP contribution is 2.62. The van der Waals surface area contributed by atoms with Gasteiger partial charge in [-0.15, -0.1) is 11.3 Å². The minimum Gasteiger partial charge on any atom is -0.348 e. The molecule has 1 aromatic carbocycles. The van der Waals surface area contributed by atoms with Crippen LogP contribution in [0, 0.1) is 12.3 Å². The van der Waals surface area contributed by atoms with Gasteiger partial charge in [0, 0.05) is 40.2 Å². The number of thiazole rings is 1. The zero-order valence-electron chi connectivity index (χ0n) is 18.2. The molecule has 7 nitrogen and oxygen atoms in total. The Hall–Kier alpha value is -3.39. The molecule has 4 aromatic rings. The first kappa shape index (κ1) is 20.2. The molecule has 2 N–H and O–H groups in total. The number of H-pyrrole nitrogens is 1. The number of hydrogen-bond donors (Lipinski definition) is 2. The van der Waals surface area contributed by atoms with Crippen LogP contribution < -0.4 is 10.9 Å². The molecule has 0 unspecified atom stereocenters. The number of aromatic amines is 1. The van der Waals surface area contributed by atoms with Crippen molar-refractivity contribution in [2.75, 3.05) is 0 Å². The zero-order chi connectivity index (χ0) is 22.6. The largest absolute Gasteiger partial charge is 0.348 e. The van der Waals surface area contributed by atoms with Crippen molar-refractivity contribution in [2.45, 2.75) is 44.6 Å². The van der Waals surface area contributed by atoms with E-state index in [-0.39, 0.29) is 22.9 Å². The molecular weight excluding hydrogens is 434 g/mol. The topological polar surface area (TPSA) is 101 Å². The standard InChI is InChI=1S/C25H23N5O2S/c1-14-20(28-24(33-14)15-6-8-26-9-7-15)23(32)27-17-12-25(13-17)10-16(11-25)21-18-4-2-3-5-19(18)22(31)30-29-21/h2-9,16-17H,10-13H2,1H3,(H,27,32)(H,30,31). The van der Waals surface area contributed by atoms with Gasteiger partial charge in [0.1, 0.15) is 10.7 Å². The van der Waals surface area contributed by atoms with Crippen LogP contribution in [-0.2, 0) is 0 Å². The van der Waals surface area contributed by atoms with Gasteiger partial charge in [-0.25, -0.2) is 10.1 Å². The number of carbonyl (C=O) groups excluding carboxylic acids is 1. The average Bonchev–Trinajstić information content (AvgIpc) is 3.18. The summed E-state index contributed by atoms with van der Waals surface area (Å²) in [5.74, 6) is 0.264. The van der Waals surface area contributed by atoms with Gasteiger partial charge in [0.25, 0.3) is 11.5 Å². The fourth-order valence-electron chi connectivity index (χ4n) is 5.53. The summed E-state index contributed by atoms with van der Waals surface area (Å²) in [4.78, 5) is 34.5. The summed E-state index contributed by atoms with van der Waals surface area (Å²) in [5, 5.41) is 12.7. The lowest BCUT2D eigenvalue weighted by atomic mass is 9.49. The third-order valence-electron chi connectivity index (χ3n) is 7.10. The fourth-order valence-corrected chi connectivity index (χ4v) is 6.44. The van der Waals surface area contributed by atoms with Gasteiger partial charge in [0.2, 0.25) is 0 Å². The van der Waals surface area contributed by atoms with E-state index in [4.69, 9.17) is 0 Å². The van der Waals surface area contributed by atoms with Crippen molar-refractivity contribution in [1.29, 1.82) is 0 Å². The van der Waals surface area contributed by atoms with Gasteiger partial charge in [-0.2, -0.15) is 5.10 Å². The maximum absolute atomic E-state index is 12.9. The lowest BCUT2D eigenvalue weighted by Gasteiger charge is -2.57. The van der Waals surface area contributed by atoms with Crippen LogP contribution in [0.5, 0.6) is 0 Å². The molecule has 2 fully saturated rings. The number of pyridine rings is 1. The molecule has 1 spiro atoms. The predicted octanol–water partition coefficient (Wildman–Crippen LogP) is 4.21. The first-order chi connectivity index (χ1) is 16.0. The highest BCUT2D eigenvalue weighted by molar-refractivity contribution is 7.15. The van der Waals surface area contributed by atoms with Crippen LogP contribution in [0.2, 0.25) is 0 Å². The molecular formula is C25H23N5O2S. The van der Waals surface area contributed by atoms with E-state index in [1.165, 1.54) is 11.3 Å². The highest BCUT2D eigenvalue weighted by Gasteiger charge is 2.54. The van der Waals surface area contributed by atoms with E-state index in [0.29, 0.717) is 17.0 Å². The Morgan fingerprint density at radius 1 is 1.09 bits per heavy atom. The van der Waals surface area contributed by atoms with E-state index < -0.39 is 0 Å². The van der Waals surface area contributed by atoms with E-state index >= 15 is 0 Å². The first-order valence-electron chi connectivity index (χ1n) is 11.2. The van der Waals surface area contributed by atoms with Gasteiger partial charge in [-0.3, -0.25) is 14.6 Å². The van der Waals surface area contributed by atoms with Gasteiger partial charge >= 0.3 is 0 Å². The molecule has 0 aliphatic heterocycles. The van der Waals surface area contributed by atoms with Crippen molar-refractivity contribution < 1.29 is 4.79 Å². The van der Waals surface area contributed by atoms with Crippen molar-refractivity contribution in [3.63, 3.8) is 0 Å². The number of amides is 1. The smallest absolute Gasteiger partial charge is 0.272 e. The van der Waals surface area contributed by atoms with Gasteiger partial charge in [-0.1, -0.05) is 18.2 Å². The molecule has 2 aliphatic carbocycles. The molecule has 3 heterocycles. The van der Waals surface area contributed by atoms with Gasteiger partial charge in [0.15, 0.2) is 0 Å². The molecule has 0 bridgehead atoms. The van der Waals surface area contributed by atoms with E-state index in [2.05, 4.69) is 25.5 Å². The number of hydrogen-bond acceptors (Lipinski definition) is 6. The number of nitrogens with zero attached hydrogens (tertiary/aromatic N) is 3. The summed E-state index contributed by atoms with van der Waals surface area (Å²) < 4.78 is 0. The molecule has 2 aliphatic rings. The molecule has 33 heavy (non-hydrogen) atoms. The van der Waals surface area contributed by atoms with Crippen molar-refractivity contribution >= 4 is 28.0 Å². The van der Waals surface area contributed by atoms with Crippen molar-refractivity contribution in [1.82, 2.24) is 25.5 Å². The second kappa shape index (κ2) is 7.59. The maximum Gasteiger partial charge on any atom is 0.272 e. The summed E-state index contributed by atoms with van der Waals surface area (Å²) in [6.07, 6.45) is 7.52. The molecule has 1 amide bonds. The van der Waals surface area contributed by atoms with Crippen molar-refractivity contribution in [3.8, 4) is 10.6 Å². The maximum atomic E-state index is 12.9. The molecule has 0 saturated heterocycles. The Bertz CT molecular complexity index is 1410. The molecule has 2 saturated carbocycles. The minimum absolute atomic E-state index is 0.0897. The molecule has 8 heteroatoms. The second-order valence-corrected chi connectivity index (χ2v) is 10.5. The van der Waals surface area contributed by atoms with E-state index in [9.17, 15) is 9.59 Å². The summed E-state index contributed by atoms with van der Waals surface area (Å²) >= 11 is 1.53. The highest BCUT2D eigenvalue weighted by atomic mass is 32.1. The minimum atomic E-state index is -0.140. The molecule has 0 radical (unpaired) electrons. The van der Waals surface area contributed by atoms with Gasteiger partial charge in [0.05, 0.1) is 11.1 Å². The van der Waals surface area contributed by atoms with E-state index in [1.807, 2.05) is 43.3 Å². The zero-order valence-corrected chi connectivity index (χ0v) is 19.0. The van der Waals surface area contributed by atoms with Crippen LogP contribution in [0.1, 0.15) is 52.7 Å². The second-order valence-electron chi connectivity index (χ2n) is 9.33. The molecule has 6 rings (SSSR count). The Morgan fingerprint density at radius 2 is 1.82 bits per heavy atom. The number of fused-ring (bicyclic) bond motifs is 1. The van der Waals surface area contributed by atoms with Crippen LogP contribution in [0.3, 0.4) is 0 Å². The lowest BCUT2D eigenvalue weighted by Crippen LogP contribution is -2.55. The Labute approximate surface area is 194 Å². The number of nitrogens with one attached hydrogen (secondary N) is 2. The summed E-state index contributed by atoms with van der Waals surface area (Å²) in [5.41, 5.74) is 2.62. The molecule has 3 aromatic heterocycles. The quantitative estimate of drug-likeness (QED) is 0.478. The van der Waals surface area contributed by atoms with Crippen LogP contribution in [0.25, 0.3) is 21.3 Å². The first-order valence-corrected chi connectivity index (χ1v) is 12.0. The van der Waals surface area contributed by atoms with Crippen LogP contribution in [-0.4, -0.2) is 32.1 Å². The number of rotatable bonds is 4. The van der Waals surface area contributed by atoms with Crippen LogP contribution >= 0.6 is 11.3 Å². The average molecular weight is 458 g/mol. The Balaban J connectivity index is 1.09. The van der Waals surface area contributed by atoms with E-state index in [1.54, 1.807) is 12.4 Å². The molecule has 0 atom stereocenters. The normalized spacial score (nSPS) is 23.8. The van der Waals surface area contributed by atoms with Gasteiger partial charge < -0.3 is 5.32 Å². The lowest BCUT2D eigenvalue weighted by molar-refractivity contribution is -0.0197. The number of carbonyl (C=O) groups is 1. The molecule has 166 valence electrons. The summed E-state index contributed by atoms with van der Waals surface area (Å²) in [7, 11) is 0. The van der Waals surface area contributed by atoms with Crippen molar-refractivity contribution in [2.24, 2.45) is 5.41 Å². The fraction of sp³-hybridized carbons (Fsp3) is 0.320. The number of aromatic nitrogens is 4. The van der Waals surface area contributed by atoms with Crippen LogP contribution in [0.15, 0.2) is 53.6 Å². The number of benzene rings is 1. The van der Waals surface area contributed by atoms with Crippen LogP contribution in [0.4, 0.5) is 0 Å². The summed E-state index contributed by atoms with van der Waals surface area (Å²) in [6, 6.07) is 11.7. The van der Waals surface area contributed by atoms with Gasteiger partial charge in [-0.05, 0) is 56.2 Å². The predicted molar refractivity (Wildman–Crippen MR) is 127 cm³/mol. The Kier molecular flexibility index (Phi) is 4.65. The number of aryl methyl sites for hydroxylation is 1. The third-order valence-corrected chi connectivity index (χ3v) is 8.12.